The first kappa shape index (κ1) is 13.4. The number of carbonyl (C=O) groups excluding carboxylic acids is 1. The lowest BCUT2D eigenvalue weighted by atomic mass is 10.2. The smallest absolute Gasteiger partial charge is 0.323 e. The van der Waals surface area contributed by atoms with Gasteiger partial charge in [-0.25, -0.2) is 4.79 Å². The summed E-state index contributed by atoms with van der Waals surface area (Å²) in [5, 5.41) is 15.1. The second kappa shape index (κ2) is 6.21. The molecule has 0 spiro atoms. The number of aliphatic carboxylic acids is 1. The first-order chi connectivity index (χ1) is 9.16. The van der Waals surface area contributed by atoms with Crippen LogP contribution in [0.4, 0.5) is 4.79 Å². The number of aromatic nitrogens is 1. The molecule has 1 aromatic heterocycles. The average molecular weight is 267 g/mol. The van der Waals surface area contributed by atoms with E-state index in [0.29, 0.717) is 5.76 Å². The summed E-state index contributed by atoms with van der Waals surface area (Å²) in [5.41, 5.74) is 0. The van der Waals surface area contributed by atoms with Crippen molar-refractivity contribution in [2.24, 2.45) is 0 Å². The number of nitrogens with zero attached hydrogens (tertiary/aromatic N) is 2. The molecule has 0 radical (unpaired) electrons. The molecule has 2 rings (SSSR count). The number of rotatable bonds is 5. The molecular formula is C12H17N3O4. The molecule has 1 aliphatic rings. The standard InChI is InChI=1S/C12H17N3O4/c16-11(17)8-15(9-3-1-2-4-9)12(18)13-7-10-5-6-14-19-10/h5-6,9H,1-4,7-8H2,(H,13,18)(H,16,17). The van der Waals surface area contributed by atoms with Crippen molar-refractivity contribution >= 4 is 12.0 Å². The van der Waals surface area contributed by atoms with E-state index in [1.165, 1.54) is 11.1 Å². The molecule has 0 aliphatic heterocycles. The van der Waals surface area contributed by atoms with Crippen LogP contribution >= 0.6 is 0 Å². The van der Waals surface area contributed by atoms with Gasteiger partial charge in [0.05, 0.1) is 12.7 Å². The third-order valence-corrected chi connectivity index (χ3v) is 3.24. The van der Waals surface area contributed by atoms with Crippen LogP contribution in [0.15, 0.2) is 16.8 Å². The Balaban J connectivity index is 1.92. The monoisotopic (exact) mass is 267 g/mol. The van der Waals surface area contributed by atoms with E-state index in [4.69, 9.17) is 9.63 Å². The molecule has 0 unspecified atom stereocenters. The van der Waals surface area contributed by atoms with Gasteiger partial charge in [0.1, 0.15) is 6.54 Å². The van der Waals surface area contributed by atoms with Crippen LogP contribution in [0.5, 0.6) is 0 Å². The highest BCUT2D eigenvalue weighted by atomic mass is 16.5. The molecule has 0 saturated heterocycles. The third-order valence-electron chi connectivity index (χ3n) is 3.24. The first-order valence-corrected chi connectivity index (χ1v) is 6.32. The molecule has 7 nitrogen and oxygen atoms in total. The van der Waals surface area contributed by atoms with Gasteiger partial charge in [-0.1, -0.05) is 18.0 Å². The quantitative estimate of drug-likeness (QED) is 0.836. The zero-order valence-electron chi connectivity index (χ0n) is 10.5. The molecule has 1 saturated carbocycles. The van der Waals surface area contributed by atoms with Crippen LogP contribution in [-0.2, 0) is 11.3 Å². The minimum atomic E-state index is -0.998. The number of hydrogen-bond acceptors (Lipinski definition) is 4. The van der Waals surface area contributed by atoms with E-state index in [-0.39, 0.29) is 25.2 Å². The number of hydrogen-bond donors (Lipinski definition) is 2. The van der Waals surface area contributed by atoms with Crippen LogP contribution in [0.3, 0.4) is 0 Å². The zero-order chi connectivity index (χ0) is 13.7. The Morgan fingerprint density at radius 3 is 2.79 bits per heavy atom. The minimum Gasteiger partial charge on any atom is -0.480 e. The molecule has 0 atom stereocenters. The van der Waals surface area contributed by atoms with Crippen molar-refractivity contribution < 1.29 is 19.2 Å². The summed E-state index contributed by atoms with van der Waals surface area (Å²) < 4.78 is 4.87. The van der Waals surface area contributed by atoms with E-state index in [1.807, 2.05) is 0 Å². The van der Waals surface area contributed by atoms with Gasteiger partial charge in [0.2, 0.25) is 0 Å². The lowest BCUT2D eigenvalue weighted by Gasteiger charge is -2.27. The lowest BCUT2D eigenvalue weighted by molar-refractivity contribution is -0.138. The fourth-order valence-electron chi connectivity index (χ4n) is 2.33. The van der Waals surface area contributed by atoms with Gasteiger partial charge in [-0.05, 0) is 12.8 Å². The summed E-state index contributed by atoms with van der Waals surface area (Å²) in [6.07, 6.45) is 5.30. The van der Waals surface area contributed by atoms with Crippen molar-refractivity contribution in [2.75, 3.05) is 6.54 Å². The Morgan fingerprint density at radius 2 is 2.21 bits per heavy atom. The van der Waals surface area contributed by atoms with E-state index in [0.717, 1.165) is 25.7 Å². The van der Waals surface area contributed by atoms with Crippen LogP contribution in [0.2, 0.25) is 0 Å². The van der Waals surface area contributed by atoms with Crippen LogP contribution < -0.4 is 5.32 Å². The Labute approximate surface area is 110 Å². The number of urea groups is 1. The number of carbonyl (C=O) groups is 2. The van der Waals surface area contributed by atoms with Gasteiger partial charge in [0.15, 0.2) is 5.76 Å². The molecule has 1 fully saturated rings. The van der Waals surface area contributed by atoms with Crippen LogP contribution in [0.1, 0.15) is 31.4 Å². The summed E-state index contributed by atoms with van der Waals surface area (Å²) in [5.74, 6) is -0.461. The minimum absolute atomic E-state index is 0.0193. The lowest BCUT2D eigenvalue weighted by Crippen LogP contribution is -2.47. The largest absolute Gasteiger partial charge is 0.480 e. The molecular weight excluding hydrogens is 250 g/mol. The molecule has 1 heterocycles. The number of nitrogens with one attached hydrogen (secondary N) is 1. The molecule has 1 aromatic rings. The predicted molar refractivity (Wildman–Crippen MR) is 65.3 cm³/mol. The van der Waals surface area contributed by atoms with Gasteiger partial charge in [0, 0.05) is 12.1 Å². The summed E-state index contributed by atoms with van der Waals surface area (Å²) in [4.78, 5) is 24.3. The SMILES string of the molecule is O=C(O)CN(C(=O)NCc1ccno1)C1CCCC1. The van der Waals surface area contributed by atoms with Crippen molar-refractivity contribution in [3.8, 4) is 0 Å². The van der Waals surface area contributed by atoms with E-state index < -0.39 is 5.97 Å². The topological polar surface area (TPSA) is 95.7 Å². The van der Waals surface area contributed by atoms with Gasteiger partial charge in [-0.2, -0.15) is 0 Å². The molecule has 2 N–H and O–H groups in total. The summed E-state index contributed by atoms with van der Waals surface area (Å²) in [6.45, 7) is -0.0609. The van der Waals surface area contributed by atoms with Gasteiger partial charge in [-0.15, -0.1) is 0 Å². The van der Waals surface area contributed by atoms with E-state index in [2.05, 4.69) is 10.5 Å². The number of amides is 2. The molecule has 7 heteroatoms. The predicted octanol–water partition coefficient (Wildman–Crippen LogP) is 1.21. The second-order valence-electron chi connectivity index (χ2n) is 4.60. The summed E-state index contributed by atoms with van der Waals surface area (Å²) in [7, 11) is 0. The maximum absolute atomic E-state index is 12.1. The van der Waals surface area contributed by atoms with Gasteiger partial charge in [-0.3, -0.25) is 4.79 Å². The highest BCUT2D eigenvalue weighted by Gasteiger charge is 2.28. The van der Waals surface area contributed by atoms with Crippen molar-refractivity contribution in [3.05, 3.63) is 18.0 Å². The Kier molecular flexibility index (Phi) is 4.38. The van der Waals surface area contributed by atoms with Gasteiger partial charge >= 0.3 is 12.0 Å². The number of carboxylic acids is 1. The second-order valence-corrected chi connectivity index (χ2v) is 4.60. The average Bonchev–Trinajstić information content (AvgIpc) is 3.05. The molecule has 0 bridgehead atoms. The van der Waals surface area contributed by atoms with Crippen LogP contribution in [0.25, 0.3) is 0 Å². The Morgan fingerprint density at radius 1 is 1.47 bits per heavy atom. The molecule has 0 aromatic carbocycles. The van der Waals surface area contributed by atoms with Crippen molar-refractivity contribution in [1.82, 2.24) is 15.4 Å². The zero-order valence-corrected chi connectivity index (χ0v) is 10.5. The Bertz CT molecular complexity index is 426. The summed E-state index contributed by atoms with van der Waals surface area (Å²) >= 11 is 0. The van der Waals surface area contributed by atoms with Crippen molar-refractivity contribution in [2.45, 2.75) is 38.3 Å². The fourth-order valence-corrected chi connectivity index (χ4v) is 2.33. The van der Waals surface area contributed by atoms with Crippen LogP contribution in [-0.4, -0.2) is 39.8 Å². The third kappa shape index (κ3) is 3.70. The van der Waals surface area contributed by atoms with E-state index >= 15 is 0 Å². The maximum Gasteiger partial charge on any atom is 0.323 e. The molecule has 19 heavy (non-hydrogen) atoms. The van der Waals surface area contributed by atoms with Crippen LogP contribution in [0, 0.1) is 0 Å². The highest BCUT2D eigenvalue weighted by molar-refractivity contribution is 5.80. The molecule has 104 valence electrons. The van der Waals surface area contributed by atoms with E-state index in [1.54, 1.807) is 6.07 Å². The Hall–Kier alpha value is -2.05. The van der Waals surface area contributed by atoms with Crippen molar-refractivity contribution in [3.63, 3.8) is 0 Å². The molecule has 1 aliphatic carbocycles. The fraction of sp³-hybridized carbons (Fsp3) is 0.583. The normalized spacial score (nSPS) is 15.4. The van der Waals surface area contributed by atoms with Crippen molar-refractivity contribution in [1.29, 1.82) is 0 Å². The van der Waals surface area contributed by atoms with Gasteiger partial charge < -0.3 is 19.8 Å². The highest BCUT2D eigenvalue weighted by Crippen LogP contribution is 2.23. The molecule has 2 amide bonds. The van der Waals surface area contributed by atoms with Gasteiger partial charge in [0.25, 0.3) is 0 Å². The number of carboxylic acid groups (broad SMARTS) is 1. The summed E-state index contributed by atoms with van der Waals surface area (Å²) in [6, 6.07) is 1.30. The maximum atomic E-state index is 12.1. The van der Waals surface area contributed by atoms with E-state index in [9.17, 15) is 9.59 Å². The first-order valence-electron chi connectivity index (χ1n) is 6.32.